The molecule has 1 fully saturated rings. The van der Waals surface area contributed by atoms with Crippen LogP contribution in [0.2, 0.25) is 0 Å². The van der Waals surface area contributed by atoms with Crippen LogP contribution in [0.15, 0.2) is 42.5 Å². The van der Waals surface area contributed by atoms with Gasteiger partial charge in [-0.15, -0.1) is 0 Å². The van der Waals surface area contributed by atoms with Gasteiger partial charge in [0.15, 0.2) is 0 Å². The standard InChI is InChI=1S/C26H35FN2O2/c1-19(2)18-31-24-9-6-21(7-10-24)16-26(30)29(23-11-13-28(4)14-12-23)17-22-8-5-20(3)15-25(22)27/h5-10,15,19,23H,11-14,16-18H2,1-4H3. The molecule has 2 aromatic carbocycles. The molecule has 31 heavy (non-hydrogen) atoms. The molecule has 2 aromatic rings. The zero-order chi connectivity index (χ0) is 22.4. The molecule has 0 bridgehead atoms. The van der Waals surface area contributed by atoms with Gasteiger partial charge in [0.1, 0.15) is 11.6 Å². The summed E-state index contributed by atoms with van der Waals surface area (Å²) in [6.07, 6.45) is 2.14. The molecule has 1 heterocycles. The summed E-state index contributed by atoms with van der Waals surface area (Å²) in [5.74, 6) is 1.09. The van der Waals surface area contributed by atoms with Crippen LogP contribution in [0.3, 0.4) is 0 Å². The van der Waals surface area contributed by atoms with E-state index in [1.807, 2.05) is 42.2 Å². The van der Waals surface area contributed by atoms with Gasteiger partial charge < -0.3 is 14.5 Å². The van der Waals surface area contributed by atoms with Gasteiger partial charge in [-0.3, -0.25) is 4.79 Å². The molecule has 168 valence electrons. The largest absolute Gasteiger partial charge is 0.493 e. The Morgan fingerprint density at radius 2 is 1.84 bits per heavy atom. The number of hydrogen-bond acceptors (Lipinski definition) is 3. The van der Waals surface area contributed by atoms with E-state index in [1.165, 1.54) is 0 Å². The molecule has 0 aliphatic carbocycles. The van der Waals surface area contributed by atoms with Crippen LogP contribution in [0.4, 0.5) is 4.39 Å². The van der Waals surface area contributed by atoms with Gasteiger partial charge in [-0.1, -0.05) is 38.1 Å². The molecule has 0 spiro atoms. The average Bonchev–Trinajstić information content (AvgIpc) is 2.73. The lowest BCUT2D eigenvalue weighted by atomic mass is 10.0. The Hall–Kier alpha value is -2.40. The summed E-state index contributed by atoms with van der Waals surface area (Å²) >= 11 is 0. The molecular weight excluding hydrogens is 391 g/mol. The van der Waals surface area contributed by atoms with E-state index < -0.39 is 0 Å². The van der Waals surface area contributed by atoms with Crippen molar-refractivity contribution in [1.82, 2.24) is 9.80 Å². The van der Waals surface area contributed by atoms with Crippen molar-refractivity contribution in [2.24, 2.45) is 5.92 Å². The van der Waals surface area contributed by atoms with E-state index >= 15 is 0 Å². The zero-order valence-electron chi connectivity index (χ0n) is 19.2. The number of amides is 1. The highest BCUT2D eigenvalue weighted by Crippen LogP contribution is 2.22. The van der Waals surface area contributed by atoms with Crippen LogP contribution in [0.1, 0.15) is 43.4 Å². The maximum atomic E-state index is 14.5. The molecule has 3 rings (SSSR count). The quantitative estimate of drug-likeness (QED) is 0.606. The molecule has 0 radical (unpaired) electrons. The van der Waals surface area contributed by atoms with Gasteiger partial charge in [0.2, 0.25) is 5.91 Å². The second-order valence-corrected chi connectivity index (χ2v) is 9.18. The molecule has 1 aliphatic rings. The minimum atomic E-state index is -0.239. The SMILES string of the molecule is Cc1ccc(CN(C(=O)Cc2ccc(OCC(C)C)cc2)C2CCN(C)CC2)c(F)c1. The van der Waals surface area contributed by atoms with Crippen molar-refractivity contribution in [3.05, 3.63) is 65.0 Å². The van der Waals surface area contributed by atoms with Crippen molar-refractivity contribution in [1.29, 1.82) is 0 Å². The second kappa shape index (κ2) is 10.8. The topological polar surface area (TPSA) is 32.8 Å². The lowest BCUT2D eigenvalue weighted by molar-refractivity contribution is -0.134. The Bertz CT molecular complexity index is 858. The monoisotopic (exact) mass is 426 g/mol. The number of rotatable bonds is 8. The smallest absolute Gasteiger partial charge is 0.227 e. The molecular formula is C26H35FN2O2. The van der Waals surface area contributed by atoms with Crippen molar-refractivity contribution in [2.45, 2.75) is 52.6 Å². The second-order valence-electron chi connectivity index (χ2n) is 9.18. The summed E-state index contributed by atoms with van der Waals surface area (Å²) in [6, 6.07) is 13.1. The summed E-state index contributed by atoms with van der Waals surface area (Å²) in [6.45, 7) is 8.99. The first kappa shape index (κ1) is 23.3. The summed E-state index contributed by atoms with van der Waals surface area (Å²) in [5, 5.41) is 0. The van der Waals surface area contributed by atoms with E-state index in [-0.39, 0.29) is 17.8 Å². The van der Waals surface area contributed by atoms with Gasteiger partial charge in [-0.2, -0.15) is 0 Å². The molecule has 4 nitrogen and oxygen atoms in total. The molecule has 5 heteroatoms. The fourth-order valence-corrected chi connectivity index (χ4v) is 3.93. The third kappa shape index (κ3) is 6.79. The van der Waals surface area contributed by atoms with Crippen LogP contribution in [0.5, 0.6) is 5.75 Å². The third-order valence-electron chi connectivity index (χ3n) is 5.86. The molecule has 0 saturated carbocycles. The maximum absolute atomic E-state index is 14.5. The minimum absolute atomic E-state index is 0.0466. The Kier molecular flexibility index (Phi) is 8.08. The van der Waals surface area contributed by atoms with Crippen LogP contribution in [0, 0.1) is 18.7 Å². The molecule has 1 amide bonds. The van der Waals surface area contributed by atoms with Crippen LogP contribution >= 0.6 is 0 Å². The summed E-state index contributed by atoms with van der Waals surface area (Å²) < 4.78 is 20.3. The summed E-state index contributed by atoms with van der Waals surface area (Å²) in [4.78, 5) is 17.5. The maximum Gasteiger partial charge on any atom is 0.227 e. The number of carbonyl (C=O) groups is 1. The minimum Gasteiger partial charge on any atom is -0.493 e. The fourth-order valence-electron chi connectivity index (χ4n) is 3.93. The number of benzene rings is 2. The lowest BCUT2D eigenvalue weighted by Crippen LogP contribution is -2.46. The highest BCUT2D eigenvalue weighted by Gasteiger charge is 2.27. The summed E-state index contributed by atoms with van der Waals surface area (Å²) in [5.41, 5.74) is 2.41. The number of aryl methyl sites for hydroxylation is 1. The predicted molar refractivity (Wildman–Crippen MR) is 123 cm³/mol. The molecule has 1 aliphatic heterocycles. The normalized spacial score (nSPS) is 15.3. The van der Waals surface area contributed by atoms with Crippen molar-refractivity contribution in [3.8, 4) is 5.75 Å². The highest BCUT2D eigenvalue weighted by atomic mass is 19.1. The van der Waals surface area contributed by atoms with E-state index in [4.69, 9.17) is 4.74 Å². The van der Waals surface area contributed by atoms with Crippen molar-refractivity contribution < 1.29 is 13.9 Å². The van der Waals surface area contributed by atoms with Gasteiger partial charge in [-0.05, 0) is 75.1 Å². The Morgan fingerprint density at radius 3 is 2.45 bits per heavy atom. The van der Waals surface area contributed by atoms with Gasteiger partial charge in [0.25, 0.3) is 0 Å². The number of nitrogens with zero attached hydrogens (tertiary/aromatic N) is 2. The number of piperidine rings is 1. The Balaban J connectivity index is 1.72. The number of halogens is 1. The number of ether oxygens (including phenoxy) is 1. The number of hydrogen-bond donors (Lipinski definition) is 0. The first-order chi connectivity index (χ1) is 14.8. The van der Waals surface area contributed by atoms with Gasteiger partial charge in [0, 0.05) is 18.2 Å². The first-order valence-electron chi connectivity index (χ1n) is 11.3. The molecule has 0 aromatic heterocycles. The molecule has 0 atom stereocenters. The van der Waals surface area contributed by atoms with Crippen LogP contribution < -0.4 is 4.74 Å². The van der Waals surface area contributed by atoms with Crippen LogP contribution in [-0.4, -0.2) is 48.5 Å². The van der Waals surface area contributed by atoms with Gasteiger partial charge >= 0.3 is 0 Å². The lowest BCUT2D eigenvalue weighted by Gasteiger charge is -2.37. The molecule has 0 unspecified atom stereocenters. The first-order valence-corrected chi connectivity index (χ1v) is 11.3. The summed E-state index contributed by atoms with van der Waals surface area (Å²) in [7, 11) is 2.10. The number of carbonyl (C=O) groups excluding carboxylic acids is 1. The van der Waals surface area contributed by atoms with E-state index in [0.717, 1.165) is 42.8 Å². The van der Waals surface area contributed by atoms with E-state index in [0.29, 0.717) is 31.1 Å². The Morgan fingerprint density at radius 1 is 1.16 bits per heavy atom. The predicted octanol–water partition coefficient (Wildman–Crippen LogP) is 4.83. The fraction of sp³-hybridized carbons (Fsp3) is 0.500. The van der Waals surface area contributed by atoms with Crippen molar-refractivity contribution >= 4 is 5.91 Å². The third-order valence-corrected chi connectivity index (χ3v) is 5.86. The van der Waals surface area contributed by atoms with Gasteiger partial charge in [0.05, 0.1) is 13.0 Å². The molecule has 1 saturated heterocycles. The van der Waals surface area contributed by atoms with Crippen LogP contribution in [0.25, 0.3) is 0 Å². The van der Waals surface area contributed by atoms with Crippen molar-refractivity contribution in [3.63, 3.8) is 0 Å². The van der Waals surface area contributed by atoms with Crippen molar-refractivity contribution in [2.75, 3.05) is 26.7 Å². The van der Waals surface area contributed by atoms with Gasteiger partial charge in [-0.25, -0.2) is 4.39 Å². The Labute approximate surface area is 186 Å². The highest BCUT2D eigenvalue weighted by molar-refractivity contribution is 5.79. The van der Waals surface area contributed by atoms with E-state index in [1.54, 1.807) is 12.1 Å². The van der Waals surface area contributed by atoms with E-state index in [2.05, 4.69) is 25.8 Å². The van der Waals surface area contributed by atoms with E-state index in [9.17, 15) is 9.18 Å². The average molecular weight is 427 g/mol. The number of likely N-dealkylation sites (tertiary alicyclic amines) is 1. The zero-order valence-corrected chi connectivity index (χ0v) is 19.2. The molecule has 0 N–H and O–H groups in total. The van der Waals surface area contributed by atoms with Crippen LogP contribution in [-0.2, 0) is 17.8 Å².